The SMILES string of the molecule is COc1ccc(N2CC(C(=O)N3C[C@@H](N)[C@H](c4ccccc4)C3)CC2=O)cc1. The van der Waals surface area contributed by atoms with Gasteiger partial charge in [0.1, 0.15) is 5.75 Å². The fraction of sp³-hybridized carbons (Fsp3) is 0.364. The van der Waals surface area contributed by atoms with E-state index in [9.17, 15) is 9.59 Å². The van der Waals surface area contributed by atoms with Crippen LogP contribution in [0.1, 0.15) is 17.9 Å². The molecule has 2 aliphatic rings. The fourth-order valence-electron chi connectivity index (χ4n) is 4.20. The third kappa shape index (κ3) is 3.47. The van der Waals surface area contributed by atoms with Gasteiger partial charge in [0.2, 0.25) is 11.8 Å². The van der Waals surface area contributed by atoms with Crippen LogP contribution in [-0.4, -0.2) is 49.5 Å². The molecule has 2 aliphatic heterocycles. The van der Waals surface area contributed by atoms with Crippen molar-refractivity contribution in [2.24, 2.45) is 11.7 Å². The lowest BCUT2D eigenvalue weighted by Crippen LogP contribution is -2.37. The van der Waals surface area contributed by atoms with Gasteiger partial charge in [0.25, 0.3) is 0 Å². The number of nitrogens with zero attached hydrogens (tertiary/aromatic N) is 2. The van der Waals surface area contributed by atoms with E-state index in [0.717, 1.165) is 17.0 Å². The van der Waals surface area contributed by atoms with Crippen molar-refractivity contribution in [3.05, 3.63) is 60.2 Å². The summed E-state index contributed by atoms with van der Waals surface area (Å²) in [6, 6.07) is 17.3. The lowest BCUT2D eigenvalue weighted by Gasteiger charge is -2.21. The topological polar surface area (TPSA) is 75.9 Å². The fourth-order valence-corrected chi connectivity index (χ4v) is 4.20. The summed E-state index contributed by atoms with van der Waals surface area (Å²) < 4.78 is 5.17. The van der Waals surface area contributed by atoms with Crippen LogP contribution in [0.25, 0.3) is 0 Å². The number of amides is 2. The van der Waals surface area contributed by atoms with Crippen molar-refractivity contribution in [3.63, 3.8) is 0 Å². The molecule has 2 saturated heterocycles. The van der Waals surface area contributed by atoms with Crippen LogP contribution in [-0.2, 0) is 9.59 Å². The van der Waals surface area contributed by atoms with Gasteiger partial charge in [0.15, 0.2) is 0 Å². The summed E-state index contributed by atoms with van der Waals surface area (Å²) in [5.41, 5.74) is 8.28. The number of anilines is 1. The number of benzene rings is 2. The molecule has 2 aromatic carbocycles. The highest BCUT2D eigenvalue weighted by Crippen LogP contribution is 2.31. The Morgan fingerprint density at radius 1 is 1.04 bits per heavy atom. The Balaban J connectivity index is 1.43. The van der Waals surface area contributed by atoms with E-state index in [0.29, 0.717) is 19.6 Å². The number of rotatable bonds is 4. The second-order valence-corrected chi connectivity index (χ2v) is 7.53. The minimum absolute atomic E-state index is 0.0216. The molecule has 3 atom stereocenters. The highest BCUT2D eigenvalue weighted by Gasteiger charge is 2.41. The molecule has 2 amide bonds. The standard InChI is InChI=1S/C22H25N3O3/c1-28-18-9-7-17(8-10-18)25-12-16(11-21(25)26)22(27)24-13-19(20(23)14-24)15-5-3-2-4-6-15/h2-10,16,19-20H,11-14,23H2,1H3/t16?,19-,20+/m0/s1. The third-order valence-electron chi connectivity index (χ3n) is 5.76. The van der Waals surface area contributed by atoms with E-state index in [2.05, 4.69) is 12.1 Å². The Labute approximate surface area is 164 Å². The van der Waals surface area contributed by atoms with E-state index >= 15 is 0 Å². The summed E-state index contributed by atoms with van der Waals surface area (Å²) in [6.07, 6.45) is 0.243. The number of methoxy groups -OCH3 is 1. The molecule has 2 fully saturated rings. The molecule has 2 heterocycles. The summed E-state index contributed by atoms with van der Waals surface area (Å²) in [5.74, 6) is 0.558. The predicted octanol–water partition coefficient (Wildman–Crippen LogP) is 2.00. The van der Waals surface area contributed by atoms with Gasteiger partial charge >= 0.3 is 0 Å². The van der Waals surface area contributed by atoms with Crippen molar-refractivity contribution in [1.29, 1.82) is 0 Å². The van der Waals surface area contributed by atoms with E-state index in [1.807, 2.05) is 47.4 Å². The summed E-state index contributed by atoms with van der Waals surface area (Å²) in [4.78, 5) is 29.1. The van der Waals surface area contributed by atoms with Crippen LogP contribution in [0.2, 0.25) is 0 Å². The van der Waals surface area contributed by atoms with Crippen LogP contribution in [0.5, 0.6) is 5.75 Å². The Bertz CT molecular complexity index is 853. The number of hydrogen-bond donors (Lipinski definition) is 1. The number of hydrogen-bond acceptors (Lipinski definition) is 4. The quantitative estimate of drug-likeness (QED) is 0.882. The molecule has 146 valence electrons. The highest BCUT2D eigenvalue weighted by atomic mass is 16.5. The van der Waals surface area contributed by atoms with Gasteiger partial charge in [0.05, 0.1) is 13.0 Å². The zero-order valence-electron chi connectivity index (χ0n) is 16.0. The van der Waals surface area contributed by atoms with Gasteiger partial charge in [-0.1, -0.05) is 30.3 Å². The molecule has 4 rings (SSSR count). The van der Waals surface area contributed by atoms with Crippen LogP contribution < -0.4 is 15.4 Å². The van der Waals surface area contributed by atoms with E-state index in [1.165, 1.54) is 0 Å². The summed E-state index contributed by atoms with van der Waals surface area (Å²) in [5, 5.41) is 0. The Hall–Kier alpha value is -2.86. The van der Waals surface area contributed by atoms with Crippen molar-refractivity contribution < 1.29 is 14.3 Å². The summed E-state index contributed by atoms with van der Waals surface area (Å²) in [7, 11) is 1.61. The monoisotopic (exact) mass is 379 g/mol. The normalized spacial score (nSPS) is 24.6. The first-order chi connectivity index (χ1) is 13.6. The van der Waals surface area contributed by atoms with Gasteiger partial charge in [-0.2, -0.15) is 0 Å². The molecule has 2 N–H and O–H groups in total. The number of nitrogens with two attached hydrogens (primary N) is 1. The summed E-state index contributed by atoms with van der Waals surface area (Å²) in [6.45, 7) is 1.55. The molecule has 0 aliphatic carbocycles. The largest absolute Gasteiger partial charge is 0.497 e. The average Bonchev–Trinajstić information content (AvgIpc) is 3.31. The lowest BCUT2D eigenvalue weighted by atomic mass is 9.95. The molecule has 0 radical (unpaired) electrons. The summed E-state index contributed by atoms with van der Waals surface area (Å²) >= 11 is 0. The van der Waals surface area contributed by atoms with Gasteiger partial charge in [-0.25, -0.2) is 0 Å². The number of likely N-dealkylation sites (tertiary alicyclic amines) is 1. The zero-order chi connectivity index (χ0) is 19.7. The second kappa shape index (κ2) is 7.64. The number of carbonyl (C=O) groups is 2. The first kappa shape index (κ1) is 18.5. The van der Waals surface area contributed by atoms with Gasteiger partial charge in [0, 0.05) is 43.7 Å². The van der Waals surface area contributed by atoms with Gasteiger partial charge in [-0.15, -0.1) is 0 Å². The molecular weight excluding hydrogens is 354 g/mol. The Morgan fingerprint density at radius 3 is 2.43 bits per heavy atom. The molecule has 6 nitrogen and oxygen atoms in total. The van der Waals surface area contributed by atoms with Crippen molar-refractivity contribution >= 4 is 17.5 Å². The molecule has 2 aromatic rings. The number of ether oxygens (including phenoxy) is 1. The van der Waals surface area contributed by atoms with Crippen LogP contribution >= 0.6 is 0 Å². The van der Waals surface area contributed by atoms with Crippen LogP contribution in [0.4, 0.5) is 5.69 Å². The van der Waals surface area contributed by atoms with Crippen molar-refractivity contribution in [1.82, 2.24) is 4.90 Å². The smallest absolute Gasteiger partial charge is 0.228 e. The van der Waals surface area contributed by atoms with Gasteiger partial charge in [-0.3, -0.25) is 9.59 Å². The minimum Gasteiger partial charge on any atom is -0.497 e. The molecule has 0 spiro atoms. The molecule has 0 saturated carbocycles. The number of carbonyl (C=O) groups excluding carboxylic acids is 2. The van der Waals surface area contributed by atoms with Crippen LogP contribution in [0.15, 0.2) is 54.6 Å². The van der Waals surface area contributed by atoms with Crippen molar-refractivity contribution in [2.75, 3.05) is 31.6 Å². The molecule has 0 aromatic heterocycles. The lowest BCUT2D eigenvalue weighted by molar-refractivity contribution is -0.134. The second-order valence-electron chi connectivity index (χ2n) is 7.53. The first-order valence-corrected chi connectivity index (χ1v) is 9.60. The Morgan fingerprint density at radius 2 is 1.75 bits per heavy atom. The van der Waals surface area contributed by atoms with E-state index in [1.54, 1.807) is 12.0 Å². The minimum atomic E-state index is -0.323. The highest BCUT2D eigenvalue weighted by molar-refractivity contribution is 6.00. The molecule has 0 bridgehead atoms. The maximum absolute atomic E-state index is 13.1. The molecule has 1 unspecified atom stereocenters. The van der Waals surface area contributed by atoms with Crippen LogP contribution in [0.3, 0.4) is 0 Å². The van der Waals surface area contributed by atoms with E-state index in [4.69, 9.17) is 10.5 Å². The zero-order valence-corrected chi connectivity index (χ0v) is 16.0. The van der Waals surface area contributed by atoms with Crippen LogP contribution in [0, 0.1) is 5.92 Å². The molecule has 6 heteroatoms. The Kier molecular flexibility index (Phi) is 5.05. The van der Waals surface area contributed by atoms with Gasteiger partial charge < -0.3 is 20.3 Å². The van der Waals surface area contributed by atoms with Crippen molar-refractivity contribution in [3.8, 4) is 5.75 Å². The van der Waals surface area contributed by atoms with E-state index < -0.39 is 0 Å². The van der Waals surface area contributed by atoms with Gasteiger partial charge in [-0.05, 0) is 29.8 Å². The predicted molar refractivity (Wildman–Crippen MR) is 107 cm³/mol. The maximum atomic E-state index is 13.1. The maximum Gasteiger partial charge on any atom is 0.228 e. The molecule has 28 heavy (non-hydrogen) atoms. The van der Waals surface area contributed by atoms with E-state index in [-0.39, 0.29) is 36.1 Å². The molecular formula is C22H25N3O3. The van der Waals surface area contributed by atoms with Crippen molar-refractivity contribution in [2.45, 2.75) is 18.4 Å². The first-order valence-electron chi connectivity index (χ1n) is 9.60. The average molecular weight is 379 g/mol. The third-order valence-corrected chi connectivity index (χ3v) is 5.76.